The first-order chi connectivity index (χ1) is 9.16. The van der Waals surface area contributed by atoms with Crippen molar-refractivity contribution in [3.63, 3.8) is 0 Å². The molecule has 1 N–H and O–H groups in total. The van der Waals surface area contributed by atoms with Gasteiger partial charge in [0.15, 0.2) is 0 Å². The molecule has 1 aromatic carbocycles. The third-order valence-electron chi connectivity index (χ3n) is 3.40. The monoisotopic (exact) mass is 260 g/mol. The molecule has 0 aliphatic carbocycles. The predicted octanol–water partition coefficient (Wildman–Crippen LogP) is 2.34. The number of carbonyl (C=O) groups excluding carboxylic acids is 2. The Morgan fingerprint density at radius 2 is 1.58 bits per heavy atom. The van der Waals surface area contributed by atoms with Crippen LogP contribution in [0.2, 0.25) is 0 Å². The Morgan fingerprint density at radius 1 is 1.00 bits per heavy atom. The minimum absolute atomic E-state index is 0.414. The average molecular weight is 260 g/mol. The molecule has 1 fully saturated rings. The van der Waals surface area contributed by atoms with Gasteiger partial charge >= 0.3 is 11.8 Å². The summed E-state index contributed by atoms with van der Waals surface area (Å²) in [6.07, 6.45) is 4.26. The zero-order chi connectivity index (χ0) is 13.7. The van der Waals surface area contributed by atoms with Gasteiger partial charge < -0.3 is 10.2 Å². The number of likely N-dealkylation sites (tertiary alicyclic amines) is 1. The Morgan fingerprint density at radius 3 is 2.16 bits per heavy atom. The van der Waals surface area contributed by atoms with E-state index in [4.69, 9.17) is 0 Å². The van der Waals surface area contributed by atoms with Crippen molar-refractivity contribution in [3.8, 4) is 0 Å². The summed E-state index contributed by atoms with van der Waals surface area (Å²) >= 11 is 0. The summed E-state index contributed by atoms with van der Waals surface area (Å²) in [4.78, 5) is 25.6. The lowest BCUT2D eigenvalue weighted by Gasteiger charge is -2.19. The molecule has 1 aromatic rings. The molecule has 1 heterocycles. The summed E-state index contributed by atoms with van der Waals surface area (Å²) in [5, 5.41) is 2.66. The van der Waals surface area contributed by atoms with E-state index in [1.807, 2.05) is 31.2 Å². The van der Waals surface area contributed by atoms with Gasteiger partial charge in [-0.2, -0.15) is 0 Å². The Kier molecular flexibility index (Phi) is 4.55. The molecule has 0 bridgehead atoms. The molecule has 1 aliphatic rings. The second-order valence-electron chi connectivity index (χ2n) is 5.03. The van der Waals surface area contributed by atoms with Crippen LogP contribution in [0, 0.1) is 6.92 Å². The molecule has 0 atom stereocenters. The van der Waals surface area contributed by atoms with E-state index in [9.17, 15) is 9.59 Å². The number of rotatable bonds is 1. The van der Waals surface area contributed by atoms with Crippen molar-refractivity contribution in [1.29, 1.82) is 0 Å². The van der Waals surface area contributed by atoms with Crippen LogP contribution in [-0.4, -0.2) is 29.8 Å². The number of hydrogen-bond acceptors (Lipinski definition) is 2. The average Bonchev–Trinajstić information content (AvgIpc) is 2.69. The lowest BCUT2D eigenvalue weighted by Crippen LogP contribution is -2.40. The maximum absolute atomic E-state index is 12.0. The van der Waals surface area contributed by atoms with Crippen molar-refractivity contribution in [2.75, 3.05) is 18.4 Å². The Hall–Kier alpha value is -1.84. The summed E-state index contributed by atoms with van der Waals surface area (Å²) in [6, 6.07) is 7.43. The molecule has 4 nitrogen and oxygen atoms in total. The number of aryl methyl sites for hydroxylation is 1. The molecule has 4 heteroatoms. The highest BCUT2D eigenvalue weighted by atomic mass is 16.2. The molecule has 2 amide bonds. The summed E-state index contributed by atoms with van der Waals surface area (Å²) in [6.45, 7) is 3.37. The topological polar surface area (TPSA) is 49.4 Å². The number of nitrogens with zero attached hydrogens (tertiary/aromatic N) is 1. The van der Waals surface area contributed by atoms with E-state index >= 15 is 0 Å². The van der Waals surface area contributed by atoms with Gasteiger partial charge in [0.25, 0.3) is 0 Å². The summed E-state index contributed by atoms with van der Waals surface area (Å²) in [5.41, 5.74) is 1.79. The number of amides is 2. The van der Waals surface area contributed by atoms with Crippen molar-refractivity contribution < 1.29 is 9.59 Å². The maximum Gasteiger partial charge on any atom is 0.313 e. The minimum atomic E-state index is -0.536. The molecule has 2 rings (SSSR count). The van der Waals surface area contributed by atoms with E-state index in [1.165, 1.54) is 0 Å². The highest BCUT2D eigenvalue weighted by Gasteiger charge is 2.22. The molecule has 0 aromatic heterocycles. The number of hydrogen-bond donors (Lipinski definition) is 1. The van der Waals surface area contributed by atoms with Crippen molar-refractivity contribution in [3.05, 3.63) is 29.8 Å². The summed E-state index contributed by atoms with van der Waals surface area (Å²) in [7, 11) is 0. The van der Waals surface area contributed by atoms with Gasteiger partial charge in [-0.3, -0.25) is 9.59 Å². The van der Waals surface area contributed by atoms with Gasteiger partial charge in [-0.25, -0.2) is 0 Å². The van der Waals surface area contributed by atoms with Crippen LogP contribution in [0.3, 0.4) is 0 Å². The predicted molar refractivity (Wildman–Crippen MR) is 74.9 cm³/mol. The van der Waals surface area contributed by atoms with E-state index in [0.717, 1.165) is 31.2 Å². The lowest BCUT2D eigenvalue weighted by molar-refractivity contribution is -0.143. The van der Waals surface area contributed by atoms with Gasteiger partial charge in [0, 0.05) is 18.8 Å². The molecule has 1 aliphatic heterocycles. The van der Waals surface area contributed by atoms with Gasteiger partial charge in [-0.1, -0.05) is 30.5 Å². The Bertz CT molecular complexity index is 446. The number of benzene rings is 1. The van der Waals surface area contributed by atoms with Gasteiger partial charge in [0.1, 0.15) is 0 Å². The minimum Gasteiger partial charge on any atom is -0.334 e. The highest BCUT2D eigenvalue weighted by molar-refractivity contribution is 6.39. The molecular weight excluding hydrogens is 240 g/mol. The van der Waals surface area contributed by atoms with Crippen molar-refractivity contribution in [1.82, 2.24) is 4.90 Å². The lowest BCUT2D eigenvalue weighted by atomic mass is 10.2. The van der Waals surface area contributed by atoms with Crippen LogP contribution < -0.4 is 5.32 Å². The molecule has 0 unspecified atom stereocenters. The van der Waals surface area contributed by atoms with Crippen molar-refractivity contribution in [2.45, 2.75) is 32.6 Å². The van der Waals surface area contributed by atoms with E-state index < -0.39 is 11.8 Å². The first kappa shape index (κ1) is 13.6. The van der Waals surface area contributed by atoms with Crippen LogP contribution in [0.4, 0.5) is 5.69 Å². The smallest absolute Gasteiger partial charge is 0.313 e. The molecule has 0 radical (unpaired) electrons. The number of carbonyl (C=O) groups is 2. The molecule has 102 valence electrons. The van der Waals surface area contributed by atoms with Gasteiger partial charge in [0.2, 0.25) is 0 Å². The molecular formula is C15H20N2O2. The van der Waals surface area contributed by atoms with E-state index in [-0.39, 0.29) is 0 Å². The van der Waals surface area contributed by atoms with Crippen LogP contribution in [0.1, 0.15) is 31.2 Å². The van der Waals surface area contributed by atoms with Crippen LogP contribution >= 0.6 is 0 Å². The number of nitrogens with one attached hydrogen (secondary N) is 1. The largest absolute Gasteiger partial charge is 0.334 e. The van der Waals surface area contributed by atoms with E-state index in [2.05, 4.69) is 5.32 Å². The maximum atomic E-state index is 12.0. The quantitative estimate of drug-likeness (QED) is 0.788. The van der Waals surface area contributed by atoms with Crippen LogP contribution in [0.25, 0.3) is 0 Å². The van der Waals surface area contributed by atoms with E-state index in [0.29, 0.717) is 18.8 Å². The Labute approximate surface area is 113 Å². The van der Waals surface area contributed by atoms with Crippen molar-refractivity contribution >= 4 is 17.5 Å². The SMILES string of the molecule is Cc1ccc(NC(=O)C(=O)N2CCCCCC2)cc1. The second kappa shape index (κ2) is 6.36. The fourth-order valence-corrected chi connectivity index (χ4v) is 2.24. The van der Waals surface area contributed by atoms with Crippen LogP contribution in [-0.2, 0) is 9.59 Å². The van der Waals surface area contributed by atoms with Gasteiger partial charge in [-0.15, -0.1) is 0 Å². The zero-order valence-electron chi connectivity index (χ0n) is 11.3. The highest BCUT2D eigenvalue weighted by Crippen LogP contribution is 2.12. The third kappa shape index (κ3) is 3.81. The fourth-order valence-electron chi connectivity index (χ4n) is 2.24. The van der Waals surface area contributed by atoms with E-state index in [1.54, 1.807) is 4.90 Å². The normalized spacial score (nSPS) is 15.7. The molecule has 0 spiro atoms. The summed E-state index contributed by atoms with van der Waals surface area (Å²) in [5.74, 6) is -0.951. The zero-order valence-corrected chi connectivity index (χ0v) is 11.3. The van der Waals surface area contributed by atoms with Gasteiger partial charge in [-0.05, 0) is 31.9 Å². The molecule has 0 saturated carbocycles. The first-order valence-electron chi connectivity index (χ1n) is 6.84. The molecule has 19 heavy (non-hydrogen) atoms. The van der Waals surface area contributed by atoms with Gasteiger partial charge in [0.05, 0.1) is 0 Å². The number of anilines is 1. The summed E-state index contributed by atoms with van der Waals surface area (Å²) < 4.78 is 0. The third-order valence-corrected chi connectivity index (χ3v) is 3.40. The Balaban J connectivity index is 1.94. The van der Waals surface area contributed by atoms with Crippen molar-refractivity contribution in [2.24, 2.45) is 0 Å². The molecule has 1 saturated heterocycles. The first-order valence-corrected chi connectivity index (χ1v) is 6.84. The standard InChI is InChI=1S/C15H20N2O2/c1-12-6-8-13(9-7-12)16-14(18)15(19)17-10-4-2-3-5-11-17/h6-9H,2-5,10-11H2,1H3,(H,16,18). The second-order valence-corrected chi connectivity index (χ2v) is 5.03. The van der Waals surface area contributed by atoms with Crippen LogP contribution in [0.15, 0.2) is 24.3 Å². The fraction of sp³-hybridized carbons (Fsp3) is 0.467. The van der Waals surface area contributed by atoms with Crippen LogP contribution in [0.5, 0.6) is 0 Å².